The Bertz CT molecular complexity index is 631. The molecule has 1 aliphatic carbocycles. The third kappa shape index (κ3) is 6.05. The Morgan fingerprint density at radius 1 is 1.21 bits per heavy atom. The molecule has 0 spiro atoms. The van der Waals surface area contributed by atoms with Gasteiger partial charge in [0.25, 0.3) is 5.91 Å². The van der Waals surface area contributed by atoms with Gasteiger partial charge in [0.15, 0.2) is 0 Å². The standard InChI is InChI=1S/C16H25N3O3S.ClH/c1-17-10-5-11-18-16(20)13-6-4-9-15(12-13)23(21,22)19-14-7-2-3-8-14;/h4,6,9,12,14,17,19H,2-3,5,7-8,10-11H2,1H3,(H,18,20);1H. The lowest BCUT2D eigenvalue weighted by molar-refractivity contribution is 0.0953. The van der Waals surface area contributed by atoms with Crippen LogP contribution in [0.25, 0.3) is 0 Å². The van der Waals surface area contributed by atoms with E-state index in [1.807, 2.05) is 7.05 Å². The minimum atomic E-state index is -3.57. The number of carbonyl (C=O) groups excluding carboxylic acids is 1. The van der Waals surface area contributed by atoms with Gasteiger partial charge in [-0.1, -0.05) is 18.9 Å². The summed E-state index contributed by atoms with van der Waals surface area (Å²) < 4.78 is 27.6. The lowest BCUT2D eigenvalue weighted by Gasteiger charge is -2.13. The van der Waals surface area contributed by atoms with Crippen LogP contribution < -0.4 is 15.4 Å². The summed E-state index contributed by atoms with van der Waals surface area (Å²) in [6.07, 6.45) is 4.70. The molecule has 0 atom stereocenters. The molecule has 0 saturated heterocycles. The molecule has 8 heteroatoms. The van der Waals surface area contributed by atoms with Gasteiger partial charge in [0, 0.05) is 18.2 Å². The Labute approximate surface area is 150 Å². The van der Waals surface area contributed by atoms with Gasteiger partial charge in [-0.15, -0.1) is 12.4 Å². The third-order valence-electron chi connectivity index (χ3n) is 3.97. The summed E-state index contributed by atoms with van der Waals surface area (Å²) in [5.41, 5.74) is 0.365. The first-order valence-corrected chi connectivity index (χ1v) is 9.56. The maximum absolute atomic E-state index is 12.4. The number of nitrogens with one attached hydrogen (secondary N) is 3. The SMILES string of the molecule is CNCCCNC(=O)c1cccc(S(=O)(=O)NC2CCCC2)c1.Cl. The minimum Gasteiger partial charge on any atom is -0.352 e. The molecule has 0 heterocycles. The van der Waals surface area contributed by atoms with Crippen LogP contribution >= 0.6 is 12.4 Å². The zero-order valence-corrected chi connectivity index (χ0v) is 15.5. The summed E-state index contributed by atoms with van der Waals surface area (Å²) in [5, 5.41) is 5.80. The van der Waals surface area contributed by atoms with E-state index < -0.39 is 10.0 Å². The Hall–Kier alpha value is -1.15. The second-order valence-electron chi connectivity index (χ2n) is 5.84. The van der Waals surface area contributed by atoms with Crippen molar-refractivity contribution in [3.8, 4) is 0 Å². The van der Waals surface area contributed by atoms with Crippen molar-refractivity contribution < 1.29 is 13.2 Å². The van der Waals surface area contributed by atoms with Crippen molar-refractivity contribution in [2.24, 2.45) is 0 Å². The molecule has 0 aliphatic heterocycles. The Morgan fingerprint density at radius 3 is 2.58 bits per heavy atom. The second kappa shape index (κ2) is 9.98. The summed E-state index contributed by atoms with van der Waals surface area (Å²) in [5.74, 6) is -0.251. The van der Waals surface area contributed by atoms with E-state index in [4.69, 9.17) is 0 Å². The van der Waals surface area contributed by atoms with E-state index in [2.05, 4.69) is 15.4 Å². The molecule has 2 rings (SSSR count). The van der Waals surface area contributed by atoms with Crippen molar-refractivity contribution in [3.63, 3.8) is 0 Å². The summed E-state index contributed by atoms with van der Waals surface area (Å²) in [6, 6.07) is 6.20. The molecule has 0 bridgehead atoms. The first kappa shape index (κ1) is 20.9. The zero-order valence-electron chi connectivity index (χ0n) is 13.9. The topological polar surface area (TPSA) is 87.3 Å². The average Bonchev–Trinajstić information content (AvgIpc) is 3.04. The van der Waals surface area contributed by atoms with Gasteiger partial charge < -0.3 is 10.6 Å². The molecule has 0 radical (unpaired) electrons. The fraction of sp³-hybridized carbons (Fsp3) is 0.562. The average molecular weight is 376 g/mol. The van der Waals surface area contributed by atoms with Crippen LogP contribution in [-0.4, -0.2) is 40.5 Å². The first-order valence-electron chi connectivity index (χ1n) is 8.08. The van der Waals surface area contributed by atoms with Crippen LogP contribution in [0.2, 0.25) is 0 Å². The predicted octanol–water partition coefficient (Wildman–Crippen LogP) is 1.67. The molecule has 6 nitrogen and oxygen atoms in total. The Balaban J connectivity index is 0.00000288. The number of carbonyl (C=O) groups is 1. The molecule has 1 aromatic rings. The van der Waals surface area contributed by atoms with E-state index >= 15 is 0 Å². The number of rotatable bonds is 8. The number of amides is 1. The predicted molar refractivity (Wildman–Crippen MR) is 97.1 cm³/mol. The number of hydrogen-bond donors (Lipinski definition) is 3. The van der Waals surface area contributed by atoms with Crippen LogP contribution in [0.4, 0.5) is 0 Å². The quantitative estimate of drug-likeness (QED) is 0.603. The van der Waals surface area contributed by atoms with E-state index in [0.29, 0.717) is 12.1 Å². The van der Waals surface area contributed by atoms with E-state index in [1.165, 1.54) is 12.1 Å². The van der Waals surface area contributed by atoms with Gasteiger partial charge >= 0.3 is 0 Å². The molecule has 24 heavy (non-hydrogen) atoms. The third-order valence-corrected chi connectivity index (χ3v) is 5.49. The van der Waals surface area contributed by atoms with Crippen LogP contribution in [0, 0.1) is 0 Å². The van der Waals surface area contributed by atoms with Crippen molar-refractivity contribution in [1.82, 2.24) is 15.4 Å². The molecule has 1 amide bonds. The molecule has 136 valence electrons. The molecule has 0 aromatic heterocycles. The monoisotopic (exact) mass is 375 g/mol. The molecule has 0 unspecified atom stereocenters. The highest BCUT2D eigenvalue weighted by molar-refractivity contribution is 7.89. The molecule has 1 aliphatic rings. The van der Waals surface area contributed by atoms with E-state index in [9.17, 15) is 13.2 Å². The summed E-state index contributed by atoms with van der Waals surface area (Å²) in [7, 11) is -1.71. The van der Waals surface area contributed by atoms with Gasteiger partial charge in [-0.2, -0.15) is 0 Å². The van der Waals surface area contributed by atoms with Gasteiger partial charge in [-0.3, -0.25) is 4.79 Å². The Kier molecular flexibility index (Phi) is 8.69. The van der Waals surface area contributed by atoms with Crippen LogP contribution in [-0.2, 0) is 10.0 Å². The lowest BCUT2D eigenvalue weighted by Crippen LogP contribution is -2.33. The van der Waals surface area contributed by atoms with Crippen molar-refractivity contribution in [2.75, 3.05) is 20.1 Å². The van der Waals surface area contributed by atoms with Crippen molar-refractivity contribution in [3.05, 3.63) is 29.8 Å². The Morgan fingerprint density at radius 2 is 1.92 bits per heavy atom. The second-order valence-corrected chi connectivity index (χ2v) is 7.56. The molecule has 1 saturated carbocycles. The van der Waals surface area contributed by atoms with Crippen LogP contribution in [0.1, 0.15) is 42.5 Å². The summed E-state index contributed by atoms with van der Waals surface area (Å²) in [6.45, 7) is 1.37. The number of benzene rings is 1. The smallest absolute Gasteiger partial charge is 0.251 e. The van der Waals surface area contributed by atoms with Gasteiger partial charge in [-0.25, -0.2) is 13.1 Å². The first-order chi connectivity index (χ1) is 11.0. The number of hydrogen-bond acceptors (Lipinski definition) is 4. The van der Waals surface area contributed by atoms with Gasteiger partial charge in [0.2, 0.25) is 10.0 Å². The number of sulfonamides is 1. The highest BCUT2D eigenvalue weighted by Gasteiger charge is 2.23. The van der Waals surface area contributed by atoms with Crippen LogP contribution in [0.3, 0.4) is 0 Å². The highest BCUT2D eigenvalue weighted by atomic mass is 35.5. The highest BCUT2D eigenvalue weighted by Crippen LogP contribution is 2.20. The molecular weight excluding hydrogens is 350 g/mol. The zero-order chi connectivity index (χ0) is 16.7. The minimum absolute atomic E-state index is 0. The maximum atomic E-state index is 12.4. The van der Waals surface area contributed by atoms with Crippen molar-refractivity contribution >= 4 is 28.3 Å². The van der Waals surface area contributed by atoms with Crippen LogP contribution in [0.15, 0.2) is 29.2 Å². The van der Waals surface area contributed by atoms with Crippen LogP contribution in [0.5, 0.6) is 0 Å². The fourth-order valence-electron chi connectivity index (χ4n) is 2.70. The molecule has 3 N–H and O–H groups in total. The molecule has 1 aromatic carbocycles. The van der Waals surface area contributed by atoms with E-state index in [-0.39, 0.29) is 29.3 Å². The fourth-order valence-corrected chi connectivity index (χ4v) is 4.06. The summed E-state index contributed by atoms with van der Waals surface area (Å²) >= 11 is 0. The largest absolute Gasteiger partial charge is 0.352 e. The lowest BCUT2D eigenvalue weighted by atomic mass is 10.2. The normalized spacial score (nSPS) is 15.0. The van der Waals surface area contributed by atoms with Gasteiger partial charge in [0.05, 0.1) is 4.90 Å². The van der Waals surface area contributed by atoms with Gasteiger partial charge in [-0.05, 0) is 51.1 Å². The van der Waals surface area contributed by atoms with Crippen molar-refractivity contribution in [1.29, 1.82) is 0 Å². The molecular formula is C16H26ClN3O3S. The summed E-state index contributed by atoms with van der Waals surface area (Å²) in [4.78, 5) is 12.2. The van der Waals surface area contributed by atoms with Gasteiger partial charge in [0.1, 0.15) is 0 Å². The van der Waals surface area contributed by atoms with Crippen molar-refractivity contribution in [2.45, 2.75) is 43.0 Å². The molecule has 1 fully saturated rings. The number of halogens is 1. The maximum Gasteiger partial charge on any atom is 0.251 e. The van der Waals surface area contributed by atoms with E-state index in [0.717, 1.165) is 38.6 Å². The van der Waals surface area contributed by atoms with E-state index in [1.54, 1.807) is 12.1 Å².